The van der Waals surface area contributed by atoms with Crippen LogP contribution in [-0.2, 0) is 16.4 Å². The minimum atomic E-state index is -3.47. The molecule has 3 rings (SSSR count). The van der Waals surface area contributed by atoms with Crippen molar-refractivity contribution in [3.05, 3.63) is 54.1 Å². The van der Waals surface area contributed by atoms with Crippen LogP contribution in [0.5, 0.6) is 5.75 Å². The molecular formula is C19H24N2O3S. The van der Waals surface area contributed by atoms with Crippen LogP contribution in [0.2, 0.25) is 0 Å². The van der Waals surface area contributed by atoms with Crippen LogP contribution in [0.25, 0.3) is 0 Å². The molecule has 25 heavy (non-hydrogen) atoms. The van der Waals surface area contributed by atoms with Crippen LogP contribution in [0.4, 0.5) is 5.69 Å². The maximum atomic E-state index is 13.0. The molecule has 0 bridgehead atoms. The molecule has 0 atom stereocenters. The van der Waals surface area contributed by atoms with Crippen LogP contribution in [-0.4, -0.2) is 46.0 Å². The molecule has 1 aliphatic heterocycles. The molecule has 5 nitrogen and oxygen atoms in total. The van der Waals surface area contributed by atoms with Gasteiger partial charge in [-0.3, -0.25) is 0 Å². The molecule has 1 fully saturated rings. The van der Waals surface area contributed by atoms with Crippen molar-refractivity contribution < 1.29 is 13.2 Å². The zero-order chi connectivity index (χ0) is 17.9. The van der Waals surface area contributed by atoms with Gasteiger partial charge in [0.05, 0.1) is 12.0 Å². The summed E-state index contributed by atoms with van der Waals surface area (Å²) in [4.78, 5) is 2.57. The molecular weight excluding hydrogens is 336 g/mol. The molecule has 6 heteroatoms. The first-order valence-electron chi connectivity index (χ1n) is 8.53. The molecule has 0 N–H and O–H groups in total. The molecule has 0 unspecified atom stereocenters. The number of para-hydroxylation sites is 1. The summed E-state index contributed by atoms with van der Waals surface area (Å²) in [5.74, 6) is 0.732. The molecule has 0 aliphatic carbocycles. The number of methoxy groups -OCH3 is 1. The van der Waals surface area contributed by atoms with Crippen LogP contribution in [0.15, 0.2) is 53.4 Å². The fourth-order valence-electron chi connectivity index (χ4n) is 3.17. The van der Waals surface area contributed by atoms with Gasteiger partial charge >= 0.3 is 0 Å². The van der Waals surface area contributed by atoms with Crippen molar-refractivity contribution in [2.24, 2.45) is 0 Å². The smallest absolute Gasteiger partial charge is 0.243 e. The summed E-state index contributed by atoms with van der Waals surface area (Å²) in [6.07, 6.45) is 0.730. The van der Waals surface area contributed by atoms with Crippen LogP contribution >= 0.6 is 0 Å². The van der Waals surface area contributed by atoms with Crippen molar-refractivity contribution in [3.63, 3.8) is 0 Å². The summed E-state index contributed by atoms with van der Waals surface area (Å²) < 4.78 is 32.8. The third kappa shape index (κ3) is 3.65. The highest BCUT2D eigenvalue weighted by Crippen LogP contribution is 2.26. The Kier molecular flexibility index (Phi) is 5.30. The SMILES string of the molecule is CCc1cc(S(=O)(=O)N2CCN(c3ccccc3)CC2)ccc1OC. The molecule has 1 aliphatic rings. The van der Waals surface area contributed by atoms with E-state index < -0.39 is 10.0 Å². The molecule has 0 spiro atoms. The summed E-state index contributed by atoms with van der Waals surface area (Å²) in [5, 5.41) is 0. The normalized spacial score (nSPS) is 16.0. The van der Waals surface area contributed by atoms with Gasteiger partial charge in [0.1, 0.15) is 5.75 Å². The van der Waals surface area contributed by atoms with Gasteiger partial charge in [0, 0.05) is 31.9 Å². The lowest BCUT2D eigenvalue weighted by atomic mass is 10.1. The highest BCUT2D eigenvalue weighted by molar-refractivity contribution is 7.89. The number of rotatable bonds is 5. The van der Waals surface area contributed by atoms with E-state index in [2.05, 4.69) is 17.0 Å². The van der Waals surface area contributed by atoms with E-state index in [1.807, 2.05) is 25.1 Å². The largest absolute Gasteiger partial charge is 0.496 e. The van der Waals surface area contributed by atoms with Crippen molar-refractivity contribution in [1.82, 2.24) is 4.31 Å². The van der Waals surface area contributed by atoms with E-state index in [0.717, 1.165) is 23.4 Å². The first kappa shape index (κ1) is 17.8. The Balaban J connectivity index is 1.76. The highest BCUT2D eigenvalue weighted by atomic mass is 32.2. The lowest BCUT2D eigenvalue weighted by Gasteiger charge is -2.35. The molecule has 0 amide bonds. The number of hydrogen-bond acceptors (Lipinski definition) is 4. The second kappa shape index (κ2) is 7.45. The van der Waals surface area contributed by atoms with Crippen molar-refractivity contribution in [2.45, 2.75) is 18.2 Å². The molecule has 1 heterocycles. The fraction of sp³-hybridized carbons (Fsp3) is 0.368. The van der Waals surface area contributed by atoms with Gasteiger partial charge in [-0.1, -0.05) is 25.1 Å². The Labute approximate surface area is 149 Å². The number of piperazine rings is 1. The lowest BCUT2D eigenvalue weighted by molar-refractivity contribution is 0.384. The number of benzene rings is 2. The van der Waals surface area contributed by atoms with E-state index in [1.165, 1.54) is 0 Å². The van der Waals surface area contributed by atoms with Gasteiger partial charge in [0.2, 0.25) is 10.0 Å². The van der Waals surface area contributed by atoms with Gasteiger partial charge in [-0.15, -0.1) is 0 Å². The zero-order valence-corrected chi connectivity index (χ0v) is 15.5. The minimum Gasteiger partial charge on any atom is -0.496 e. The maximum Gasteiger partial charge on any atom is 0.243 e. The molecule has 134 valence electrons. The summed E-state index contributed by atoms with van der Waals surface area (Å²) in [5.41, 5.74) is 2.05. The summed E-state index contributed by atoms with van der Waals surface area (Å²) >= 11 is 0. The Bertz CT molecular complexity index is 814. The maximum absolute atomic E-state index is 13.0. The third-order valence-corrected chi connectivity index (χ3v) is 6.53. The standard InChI is InChI=1S/C19H24N2O3S/c1-3-16-15-18(9-10-19(16)24-2)25(22,23)21-13-11-20(12-14-21)17-7-5-4-6-8-17/h4-10,15H,3,11-14H2,1-2H3. The number of ether oxygens (including phenoxy) is 1. The highest BCUT2D eigenvalue weighted by Gasteiger charge is 2.29. The van der Waals surface area contributed by atoms with Gasteiger partial charge in [-0.2, -0.15) is 4.31 Å². The lowest BCUT2D eigenvalue weighted by Crippen LogP contribution is -2.48. The van der Waals surface area contributed by atoms with Gasteiger partial charge in [-0.05, 0) is 42.3 Å². The van der Waals surface area contributed by atoms with Gasteiger partial charge < -0.3 is 9.64 Å². The van der Waals surface area contributed by atoms with Crippen LogP contribution in [0.1, 0.15) is 12.5 Å². The molecule has 2 aromatic carbocycles. The summed E-state index contributed by atoms with van der Waals surface area (Å²) in [6, 6.07) is 15.2. The van der Waals surface area contributed by atoms with E-state index in [1.54, 1.807) is 29.6 Å². The van der Waals surface area contributed by atoms with E-state index in [0.29, 0.717) is 31.1 Å². The predicted octanol–water partition coefficient (Wildman–Crippen LogP) is 2.77. The van der Waals surface area contributed by atoms with Crippen molar-refractivity contribution in [2.75, 3.05) is 38.2 Å². The average Bonchev–Trinajstić information content (AvgIpc) is 2.68. The fourth-order valence-corrected chi connectivity index (χ4v) is 4.64. The number of sulfonamides is 1. The van der Waals surface area contributed by atoms with Gasteiger partial charge in [0.25, 0.3) is 0 Å². The van der Waals surface area contributed by atoms with E-state index in [4.69, 9.17) is 4.74 Å². The second-order valence-electron chi connectivity index (χ2n) is 6.05. The molecule has 1 saturated heterocycles. The van der Waals surface area contributed by atoms with Crippen molar-refractivity contribution >= 4 is 15.7 Å². The topological polar surface area (TPSA) is 49.9 Å². The Morgan fingerprint density at radius 1 is 1.00 bits per heavy atom. The Hall–Kier alpha value is -2.05. The van der Waals surface area contributed by atoms with Crippen LogP contribution in [0.3, 0.4) is 0 Å². The Morgan fingerprint density at radius 3 is 2.28 bits per heavy atom. The van der Waals surface area contributed by atoms with E-state index in [-0.39, 0.29) is 0 Å². The molecule has 0 radical (unpaired) electrons. The quantitative estimate of drug-likeness (QED) is 0.823. The van der Waals surface area contributed by atoms with Crippen molar-refractivity contribution in [1.29, 1.82) is 0 Å². The second-order valence-corrected chi connectivity index (χ2v) is 7.99. The average molecular weight is 360 g/mol. The first-order valence-corrected chi connectivity index (χ1v) is 9.97. The summed E-state index contributed by atoms with van der Waals surface area (Å²) in [6.45, 7) is 4.36. The Morgan fingerprint density at radius 2 is 1.68 bits per heavy atom. The molecule has 0 aromatic heterocycles. The molecule has 2 aromatic rings. The number of aryl methyl sites for hydroxylation is 1. The van der Waals surface area contributed by atoms with Gasteiger partial charge in [-0.25, -0.2) is 8.42 Å². The monoisotopic (exact) mass is 360 g/mol. The summed E-state index contributed by atoms with van der Waals surface area (Å²) in [7, 11) is -1.87. The van der Waals surface area contributed by atoms with E-state index in [9.17, 15) is 8.42 Å². The number of anilines is 1. The predicted molar refractivity (Wildman–Crippen MR) is 99.8 cm³/mol. The zero-order valence-electron chi connectivity index (χ0n) is 14.7. The number of hydrogen-bond donors (Lipinski definition) is 0. The molecule has 0 saturated carbocycles. The first-order chi connectivity index (χ1) is 12.1. The minimum absolute atomic E-state index is 0.346. The van der Waals surface area contributed by atoms with Crippen molar-refractivity contribution in [3.8, 4) is 5.75 Å². The third-order valence-electron chi connectivity index (χ3n) is 4.63. The van der Waals surface area contributed by atoms with Crippen LogP contribution in [0, 0.1) is 0 Å². The van der Waals surface area contributed by atoms with E-state index >= 15 is 0 Å². The van der Waals surface area contributed by atoms with Crippen LogP contribution < -0.4 is 9.64 Å². The number of nitrogens with zero attached hydrogens (tertiary/aromatic N) is 2. The van der Waals surface area contributed by atoms with Gasteiger partial charge in [0.15, 0.2) is 0 Å².